The average Bonchev–Trinajstić information content (AvgIpc) is 0.674. The molecule has 138 heavy (non-hydrogen) atoms. The molecule has 0 N–H and O–H groups in total. The molecule has 0 amide bonds. The van der Waals surface area contributed by atoms with E-state index in [1.54, 1.807) is 0 Å². The highest BCUT2D eigenvalue weighted by atomic mass is 15.2. The van der Waals surface area contributed by atoms with Crippen LogP contribution in [0.5, 0.6) is 0 Å². The van der Waals surface area contributed by atoms with Crippen molar-refractivity contribution in [2.45, 2.75) is 105 Å². The zero-order valence-corrected chi connectivity index (χ0v) is 80.6. The van der Waals surface area contributed by atoms with Gasteiger partial charge in [-0.15, -0.1) is 0 Å². The molecule has 0 radical (unpaired) electrons. The van der Waals surface area contributed by atoms with Gasteiger partial charge in [-0.05, 0) is 213 Å². The van der Waals surface area contributed by atoms with Crippen molar-refractivity contribution >= 4 is 149 Å². The molecule has 4 aliphatic rings. The molecule has 19 aromatic rings. The Morgan fingerprint density at radius 2 is 0.457 bits per heavy atom. The van der Waals surface area contributed by atoms with Crippen molar-refractivity contribution in [3.8, 4) is 66.8 Å². The van der Waals surface area contributed by atoms with Crippen LogP contribution in [0.25, 0.3) is 66.8 Å². The highest BCUT2D eigenvalue weighted by Gasteiger charge is 2.50. The van der Waals surface area contributed by atoms with Gasteiger partial charge in [0.05, 0.1) is 39.8 Å². The molecule has 0 aliphatic carbocycles. The molecule has 0 bridgehead atoms. The molecule has 8 heteroatoms. The van der Waals surface area contributed by atoms with Gasteiger partial charge in [0.2, 0.25) is 0 Å². The van der Waals surface area contributed by atoms with Crippen LogP contribution in [-0.4, -0.2) is 13.4 Å². The summed E-state index contributed by atoms with van der Waals surface area (Å²) < 4.78 is 0. The van der Waals surface area contributed by atoms with Crippen molar-refractivity contribution in [3.05, 3.63) is 471 Å². The molecule has 0 spiro atoms. The minimum absolute atomic E-state index is 0.0406. The van der Waals surface area contributed by atoms with E-state index in [1.807, 2.05) is 0 Å². The predicted octanol–water partition coefficient (Wildman–Crippen LogP) is 32.0. The number of nitrogens with zero attached hydrogens (tertiary/aromatic N) is 6. The summed E-state index contributed by atoms with van der Waals surface area (Å²) in [5.74, 6) is 0. The van der Waals surface area contributed by atoms with E-state index in [2.05, 4.69) is 561 Å². The fourth-order valence-electron chi connectivity index (χ4n) is 22.0. The minimum atomic E-state index is -0.362. The van der Waals surface area contributed by atoms with Gasteiger partial charge in [-0.25, -0.2) is 0 Å². The Labute approximate surface area is 814 Å². The van der Waals surface area contributed by atoms with Gasteiger partial charge in [-0.2, -0.15) is 0 Å². The smallest absolute Gasteiger partial charge is 0.252 e. The van der Waals surface area contributed by atoms with Crippen LogP contribution in [0.1, 0.15) is 105 Å². The van der Waals surface area contributed by atoms with Crippen LogP contribution in [0.4, 0.5) is 102 Å². The highest BCUT2D eigenvalue weighted by molar-refractivity contribution is 7.03. The number of fused-ring (bicyclic) bond motifs is 8. The first-order valence-electron chi connectivity index (χ1n) is 48.8. The van der Waals surface area contributed by atoms with Crippen LogP contribution < -0.4 is 62.2 Å². The molecule has 4 heterocycles. The SMILES string of the molecule is CC(C)(C)c1ccc(-c2ccccc2N(c2ccccc2)c2cc3c4c(c2)N(c2ccccc2-c2ccc(C(C)(C)C)cc2)c2ccccc2B4c2cc4c(cc2N3c2ccccc2)N(c2c(-c3ccccc3)cccc2-c2ccccc2)c2cc(N(c3ccccc3)c3ccccc3-c3ccc(C(C)(C)C)cc3)cc3c2B4c2ccccc2N3c2ccccc2-c2ccc(C(C)(C)C)cc2)cc1. The van der Waals surface area contributed by atoms with Crippen LogP contribution in [-0.2, 0) is 21.7 Å². The number of benzene rings is 19. The van der Waals surface area contributed by atoms with Crippen LogP contribution >= 0.6 is 0 Å². The molecule has 666 valence electrons. The maximum atomic E-state index is 2.74. The van der Waals surface area contributed by atoms with Gasteiger partial charge in [-0.3, -0.25) is 0 Å². The number of rotatable bonds is 16. The zero-order chi connectivity index (χ0) is 94.0. The van der Waals surface area contributed by atoms with Gasteiger partial charge in [-0.1, -0.05) is 429 Å². The number of anilines is 18. The van der Waals surface area contributed by atoms with Gasteiger partial charge in [0.15, 0.2) is 0 Å². The summed E-state index contributed by atoms with van der Waals surface area (Å²) in [6.45, 7) is 26.9. The van der Waals surface area contributed by atoms with Crippen molar-refractivity contribution in [1.82, 2.24) is 0 Å². The molecule has 0 atom stereocenters. The third-order valence-electron chi connectivity index (χ3n) is 28.9. The van der Waals surface area contributed by atoms with E-state index in [4.69, 9.17) is 0 Å². The maximum Gasteiger partial charge on any atom is 0.252 e. The first-order valence-corrected chi connectivity index (χ1v) is 48.8. The summed E-state index contributed by atoms with van der Waals surface area (Å²) in [6.07, 6.45) is 0. The molecule has 4 aliphatic heterocycles. The van der Waals surface area contributed by atoms with Gasteiger partial charge < -0.3 is 29.4 Å². The van der Waals surface area contributed by atoms with Gasteiger partial charge >= 0.3 is 0 Å². The Hall–Kier alpha value is -15.9. The largest absolute Gasteiger partial charge is 0.311 e. The van der Waals surface area contributed by atoms with E-state index in [0.717, 1.165) is 169 Å². The van der Waals surface area contributed by atoms with Crippen molar-refractivity contribution in [2.75, 3.05) is 29.4 Å². The Kier molecular flexibility index (Phi) is 21.4. The minimum Gasteiger partial charge on any atom is -0.311 e. The van der Waals surface area contributed by atoms with Crippen LogP contribution in [0.3, 0.4) is 0 Å². The highest BCUT2D eigenvalue weighted by Crippen LogP contribution is 2.58. The quantitative estimate of drug-likeness (QED) is 0.0892. The van der Waals surface area contributed by atoms with E-state index in [1.165, 1.54) is 55.0 Å². The maximum absolute atomic E-state index is 2.74. The van der Waals surface area contributed by atoms with E-state index >= 15 is 0 Å². The molecular formula is C130H110B2N6. The lowest BCUT2D eigenvalue weighted by atomic mass is 9.30. The lowest BCUT2D eigenvalue weighted by molar-refractivity contribution is 0.590. The molecule has 19 aromatic carbocycles. The zero-order valence-electron chi connectivity index (χ0n) is 80.6. The van der Waals surface area contributed by atoms with Gasteiger partial charge in [0.25, 0.3) is 13.4 Å². The third kappa shape index (κ3) is 15.1. The summed E-state index contributed by atoms with van der Waals surface area (Å²) in [7, 11) is 0. The Morgan fingerprint density at radius 1 is 0.181 bits per heavy atom. The fraction of sp³-hybridized carbons (Fsp3) is 0.123. The van der Waals surface area contributed by atoms with Crippen molar-refractivity contribution in [1.29, 1.82) is 0 Å². The van der Waals surface area contributed by atoms with Gasteiger partial charge in [0, 0.05) is 95.9 Å². The second kappa shape index (κ2) is 34.2. The lowest BCUT2D eigenvalue weighted by Crippen LogP contribution is -2.65. The van der Waals surface area contributed by atoms with E-state index in [-0.39, 0.29) is 35.1 Å². The van der Waals surface area contributed by atoms with Crippen LogP contribution in [0.15, 0.2) is 449 Å². The van der Waals surface area contributed by atoms with Crippen molar-refractivity contribution < 1.29 is 0 Å². The molecule has 0 unspecified atom stereocenters. The molecule has 0 aromatic heterocycles. The molecule has 23 rings (SSSR count). The van der Waals surface area contributed by atoms with Crippen LogP contribution in [0.2, 0.25) is 0 Å². The summed E-state index contributed by atoms with van der Waals surface area (Å²) in [5, 5.41) is 0. The second-order valence-corrected chi connectivity index (χ2v) is 41.6. The first-order chi connectivity index (χ1) is 67.1. The van der Waals surface area contributed by atoms with Crippen molar-refractivity contribution in [3.63, 3.8) is 0 Å². The Bertz CT molecular complexity index is 7790. The summed E-state index contributed by atoms with van der Waals surface area (Å²) in [5.41, 5.74) is 44.7. The molecule has 0 saturated carbocycles. The van der Waals surface area contributed by atoms with Gasteiger partial charge in [0.1, 0.15) is 0 Å². The fourth-order valence-corrected chi connectivity index (χ4v) is 22.0. The third-order valence-corrected chi connectivity index (χ3v) is 28.9. The van der Waals surface area contributed by atoms with E-state index < -0.39 is 0 Å². The Balaban J connectivity index is 0.865. The van der Waals surface area contributed by atoms with Crippen molar-refractivity contribution in [2.24, 2.45) is 0 Å². The number of para-hydroxylation sites is 10. The predicted molar refractivity (Wildman–Crippen MR) is 591 cm³/mol. The summed E-state index contributed by atoms with van der Waals surface area (Å²) in [4.78, 5) is 15.7. The monoisotopic (exact) mass is 1780 g/mol. The van der Waals surface area contributed by atoms with Crippen LogP contribution in [0, 0.1) is 0 Å². The second-order valence-electron chi connectivity index (χ2n) is 41.6. The lowest BCUT2D eigenvalue weighted by Gasteiger charge is -2.48. The summed E-state index contributed by atoms with van der Waals surface area (Å²) >= 11 is 0. The molecular weight excluding hydrogens is 1670 g/mol. The number of hydrogen-bond acceptors (Lipinski definition) is 6. The normalized spacial score (nSPS) is 13.0. The first kappa shape index (κ1) is 86.2. The van der Waals surface area contributed by atoms with E-state index in [0.29, 0.717) is 0 Å². The molecule has 6 nitrogen and oxygen atoms in total. The number of hydrogen-bond donors (Lipinski definition) is 0. The van der Waals surface area contributed by atoms with E-state index in [9.17, 15) is 0 Å². The Morgan fingerprint density at radius 3 is 0.826 bits per heavy atom. The summed E-state index contributed by atoms with van der Waals surface area (Å²) in [6, 6.07) is 171. The average molecular weight is 1780 g/mol. The standard InChI is InChI=1S/C130H110B2N6/c1-127(2,3)93-73-65-89(66-74-93)102-51-28-34-59-112(102)133(97-45-22-15-23-46-97)100-81-120-124-121(82-100)136(114-61-36-30-53-104(114)91-69-77-95(78-70-91)129(7,8)9)116-63-38-32-57-108(116)131(124)110-85-111-119(86-118(110)135(120)99-49-26-17-27-50-99)138(126-106(87-41-18-13-19-42-87)55-40-56-107(126)88-43-20-14-21-44-88)123-84-101(134(98-47-24-16-25-48-98)113-60-35-29-52-103(113)90-67-75-94(76-68-90)128(4,5)6)83-122-125(123)132(111)109-58-33-39-64-117(109)137(122)115-62-37-31-54-105(115)92-71-79-96(80-72-92)130(10,11)12/h13-86H,1-12H3. The molecule has 0 saturated heterocycles. The molecule has 0 fully saturated rings. The topological polar surface area (TPSA) is 19.4 Å².